The molecule has 0 amide bonds. The number of aromatic nitrogens is 1. The third-order valence-corrected chi connectivity index (χ3v) is 3.72. The van der Waals surface area contributed by atoms with E-state index in [1.54, 1.807) is 6.20 Å². The summed E-state index contributed by atoms with van der Waals surface area (Å²) < 4.78 is 0. The zero-order valence-corrected chi connectivity index (χ0v) is 10.4. The number of hydrogen-bond acceptors (Lipinski definition) is 3. The van der Waals surface area contributed by atoms with Crippen molar-refractivity contribution >= 4 is 5.82 Å². The molecule has 0 saturated heterocycles. The van der Waals surface area contributed by atoms with Gasteiger partial charge in [-0.1, -0.05) is 24.3 Å². The second-order valence-electron chi connectivity index (χ2n) is 4.96. The molecule has 3 rings (SSSR count). The molecule has 0 radical (unpaired) electrons. The minimum atomic E-state index is -0.986. The van der Waals surface area contributed by atoms with Gasteiger partial charge >= 0.3 is 0 Å². The van der Waals surface area contributed by atoms with Gasteiger partial charge in [0.05, 0.1) is 0 Å². The van der Waals surface area contributed by atoms with E-state index in [0.717, 1.165) is 23.1 Å². The van der Waals surface area contributed by atoms with Crippen molar-refractivity contribution in [2.24, 2.45) is 0 Å². The molecule has 92 valence electrons. The maximum Gasteiger partial charge on any atom is 0.129 e. The van der Waals surface area contributed by atoms with E-state index in [1.165, 1.54) is 5.56 Å². The number of benzene rings is 1. The first-order chi connectivity index (χ1) is 8.61. The van der Waals surface area contributed by atoms with E-state index in [2.05, 4.69) is 11.1 Å². The van der Waals surface area contributed by atoms with Gasteiger partial charge in [-0.15, -0.1) is 0 Å². The van der Waals surface area contributed by atoms with Crippen molar-refractivity contribution in [3.05, 3.63) is 58.8 Å². The Morgan fingerprint density at radius 1 is 1.28 bits per heavy atom. The minimum absolute atomic E-state index is 0.416. The average molecular weight is 240 g/mol. The number of hydrogen-bond donors (Lipinski definition) is 2. The van der Waals surface area contributed by atoms with Crippen LogP contribution in [-0.4, -0.2) is 10.1 Å². The molecule has 3 nitrogen and oxygen atoms in total. The second kappa shape index (κ2) is 3.82. The molecule has 1 aliphatic carbocycles. The molecule has 0 aliphatic heterocycles. The van der Waals surface area contributed by atoms with Crippen molar-refractivity contribution in [1.82, 2.24) is 4.98 Å². The van der Waals surface area contributed by atoms with Gasteiger partial charge in [0.1, 0.15) is 11.4 Å². The molecule has 2 aromatic rings. The summed E-state index contributed by atoms with van der Waals surface area (Å²) in [5.74, 6) is 0.416. The van der Waals surface area contributed by atoms with Crippen molar-refractivity contribution in [3.8, 4) is 0 Å². The van der Waals surface area contributed by atoms with Crippen LogP contribution in [0.4, 0.5) is 5.82 Å². The molecule has 0 fully saturated rings. The number of aryl methyl sites for hydroxylation is 2. The van der Waals surface area contributed by atoms with Crippen LogP contribution in [0.15, 0.2) is 36.5 Å². The van der Waals surface area contributed by atoms with Crippen LogP contribution in [0.2, 0.25) is 0 Å². The third-order valence-electron chi connectivity index (χ3n) is 3.72. The highest BCUT2D eigenvalue weighted by atomic mass is 16.3. The number of aliphatic hydroxyl groups is 1. The van der Waals surface area contributed by atoms with E-state index in [4.69, 9.17) is 5.73 Å². The predicted octanol–water partition coefficient (Wildman–Crippen LogP) is 2.15. The summed E-state index contributed by atoms with van der Waals surface area (Å²) in [7, 11) is 0. The Morgan fingerprint density at radius 2 is 2.06 bits per heavy atom. The normalized spacial score (nSPS) is 21.9. The van der Waals surface area contributed by atoms with Gasteiger partial charge in [-0.3, -0.25) is 0 Å². The second-order valence-corrected chi connectivity index (χ2v) is 4.96. The number of pyridine rings is 1. The van der Waals surface area contributed by atoms with Crippen molar-refractivity contribution in [3.63, 3.8) is 0 Å². The van der Waals surface area contributed by atoms with Crippen LogP contribution < -0.4 is 5.73 Å². The summed E-state index contributed by atoms with van der Waals surface area (Å²) >= 11 is 0. The Hall–Kier alpha value is -1.87. The monoisotopic (exact) mass is 240 g/mol. The lowest BCUT2D eigenvalue weighted by Gasteiger charge is -2.26. The fourth-order valence-corrected chi connectivity index (χ4v) is 2.78. The van der Waals surface area contributed by atoms with Gasteiger partial charge in [-0.25, -0.2) is 4.98 Å². The highest BCUT2D eigenvalue weighted by Gasteiger charge is 2.39. The van der Waals surface area contributed by atoms with Crippen LogP contribution in [0.25, 0.3) is 0 Å². The van der Waals surface area contributed by atoms with E-state index in [9.17, 15) is 5.11 Å². The number of nitrogens with zero attached hydrogens (tertiary/aromatic N) is 1. The molecule has 1 aliphatic rings. The number of fused-ring (bicyclic) bond motifs is 1. The number of rotatable bonds is 1. The first-order valence-corrected chi connectivity index (χ1v) is 6.14. The molecule has 1 aromatic heterocycles. The zero-order valence-electron chi connectivity index (χ0n) is 10.4. The van der Waals surface area contributed by atoms with E-state index in [1.807, 2.05) is 31.2 Å². The Morgan fingerprint density at radius 3 is 2.89 bits per heavy atom. The molecule has 0 bridgehead atoms. The minimum Gasteiger partial charge on any atom is -0.383 e. The summed E-state index contributed by atoms with van der Waals surface area (Å²) in [4.78, 5) is 4.16. The Bertz CT molecular complexity index is 609. The molecule has 0 saturated carbocycles. The highest BCUT2D eigenvalue weighted by Crippen LogP contribution is 2.43. The van der Waals surface area contributed by atoms with Gasteiger partial charge in [-0.05, 0) is 42.5 Å². The quantitative estimate of drug-likeness (QED) is 0.803. The number of nitrogen functional groups attached to an aromatic ring is 1. The maximum absolute atomic E-state index is 11.0. The van der Waals surface area contributed by atoms with Crippen molar-refractivity contribution in [2.45, 2.75) is 25.4 Å². The van der Waals surface area contributed by atoms with Crippen LogP contribution in [0.5, 0.6) is 0 Å². The summed E-state index contributed by atoms with van der Waals surface area (Å²) in [6, 6.07) is 9.93. The zero-order chi connectivity index (χ0) is 12.8. The molecule has 0 spiro atoms. The molecule has 1 heterocycles. The molecule has 1 atom stereocenters. The van der Waals surface area contributed by atoms with Crippen LogP contribution in [0.1, 0.15) is 28.7 Å². The summed E-state index contributed by atoms with van der Waals surface area (Å²) in [5, 5.41) is 11.0. The standard InChI is InChI=1S/C15H16N2O/c1-10-8-13(14(16)17-9-10)15(18)7-6-11-4-2-3-5-12(11)15/h2-5,8-9,18H,6-7H2,1H3,(H2,16,17). The summed E-state index contributed by atoms with van der Waals surface area (Å²) in [6.07, 6.45) is 3.27. The number of anilines is 1. The lowest BCUT2D eigenvalue weighted by molar-refractivity contribution is 0.0834. The van der Waals surface area contributed by atoms with Gasteiger partial charge < -0.3 is 10.8 Å². The van der Waals surface area contributed by atoms with Crippen LogP contribution in [0, 0.1) is 6.92 Å². The topological polar surface area (TPSA) is 59.1 Å². The fourth-order valence-electron chi connectivity index (χ4n) is 2.78. The maximum atomic E-state index is 11.0. The van der Waals surface area contributed by atoms with Crippen molar-refractivity contribution in [2.75, 3.05) is 5.73 Å². The van der Waals surface area contributed by atoms with Crippen LogP contribution in [0.3, 0.4) is 0 Å². The summed E-state index contributed by atoms with van der Waals surface area (Å²) in [5.41, 5.74) is 8.85. The van der Waals surface area contributed by atoms with Crippen molar-refractivity contribution < 1.29 is 5.11 Å². The lowest BCUT2D eigenvalue weighted by Crippen LogP contribution is -2.26. The third kappa shape index (κ3) is 1.51. The predicted molar refractivity (Wildman–Crippen MR) is 71.1 cm³/mol. The Kier molecular flexibility index (Phi) is 2.38. The van der Waals surface area contributed by atoms with Crippen LogP contribution in [-0.2, 0) is 12.0 Å². The van der Waals surface area contributed by atoms with Gasteiger partial charge in [0, 0.05) is 11.8 Å². The molecule has 1 aromatic carbocycles. The SMILES string of the molecule is Cc1cnc(N)c(C2(O)CCc3ccccc32)c1. The molecule has 18 heavy (non-hydrogen) atoms. The fraction of sp³-hybridized carbons (Fsp3) is 0.267. The first kappa shape index (κ1) is 11.2. The smallest absolute Gasteiger partial charge is 0.129 e. The average Bonchev–Trinajstić information content (AvgIpc) is 2.72. The van der Waals surface area contributed by atoms with E-state index < -0.39 is 5.60 Å². The molecule has 3 heteroatoms. The number of nitrogens with two attached hydrogens (primary N) is 1. The molecular formula is C15H16N2O. The molecule has 3 N–H and O–H groups in total. The van der Waals surface area contributed by atoms with E-state index in [-0.39, 0.29) is 0 Å². The lowest BCUT2D eigenvalue weighted by atomic mass is 9.87. The Balaban J connectivity index is 2.20. The molecule has 1 unspecified atom stereocenters. The van der Waals surface area contributed by atoms with E-state index in [0.29, 0.717) is 12.2 Å². The van der Waals surface area contributed by atoms with Crippen LogP contribution >= 0.6 is 0 Å². The molecular weight excluding hydrogens is 224 g/mol. The van der Waals surface area contributed by atoms with E-state index >= 15 is 0 Å². The Labute approximate surface area is 106 Å². The van der Waals surface area contributed by atoms with Crippen molar-refractivity contribution in [1.29, 1.82) is 0 Å². The largest absolute Gasteiger partial charge is 0.383 e. The highest BCUT2D eigenvalue weighted by molar-refractivity contribution is 5.53. The van der Waals surface area contributed by atoms with Gasteiger partial charge in [0.15, 0.2) is 0 Å². The van der Waals surface area contributed by atoms with Gasteiger partial charge in [0.25, 0.3) is 0 Å². The first-order valence-electron chi connectivity index (χ1n) is 6.14. The van der Waals surface area contributed by atoms with Gasteiger partial charge in [0.2, 0.25) is 0 Å². The summed E-state index contributed by atoms with van der Waals surface area (Å²) in [6.45, 7) is 1.96. The van der Waals surface area contributed by atoms with Gasteiger partial charge in [-0.2, -0.15) is 0 Å².